The number of pyridine rings is 2. The molecule has 0 saturated heterocycles. The zero-order valence-corrected chi connectivity index (χ0v) is 24.0. The maximum Gasteiger partial charge on any atom is 0.264 e. The summed E-state index contributed by atoms with van der Waals surface area (Å²) in [5, 5.41) is 10.5. The van der Waals surface area contributed by atoms with Crippen molar-refractivity contribution >= 4 is 121 Å². The van der Waals surface area contributed by atoms with Gasteiger partial charge in [-0.15, -0.1) is 0 Å². The molecule has 0 aliphatic rings. The molecule has 4 aromatic heterocycles. The summed E-state index contributed by atoms with van der Waals surface area (Å²) in [7, 11) is 0. The van der Waals surface area contributed by atoms with E-state index < -0.39 is 0 Å². The van der Waals surface area contributed by atoms with Gasteiger partial charge in [0.05, 0.1) is 22.1 Å². The van der Waals surface area contributed by atoms with Crippen LogP contribution in [0.2, 0.25) is 10.0 Å². The van der Waals surface area contributed by atoms with Crippen LogP contribution >= 0.6 is 23.2 Å². The molecule has 0 radical (unpaired) electrons. The van der Waals surface area contributed by atoms with Gasteiger partial charge in [-0.25, -0.2) is 9.97 Å². The number of rotatable bonds is 0. The van der Waals surface area contributed by atoms with E-state index in [1.54, 1.807) is 8.80 Å². The minimum atomic E-state index is -0.132. The third-order valence-corrected chi connectivity index (χ3v) is 10.1. The summed E-state index contributed by atoms with van der Waals surface area (Å²) in [5.41, 5.74) is 3.87. The lowest BCUT2D eigenvalue weighted by Crippen LogP contribution is -2.14. The zero-order chi connectivity index (χ0) is 29.2. The first-order valence-corrected chi connectivity index (χ1v) is 14.9. The van der Waals surface area contributed by atoms with Crippen LogP contribution in [0.1, 0.15) is 0 Å². The van der Waals surface area contributed by atoms with Crippen LogP contribution in [0.5, 0.6) is 0 Å². The largest absolute Gasteiger partial charge is 0.268 e. The fraction of sp³-hybridized carbons (Fsp3) is 0. The number of benzene rings is 7. The molecule has 0 N–H and O–H groups in total. The molecule has 0 fully saturated rings. The van der Waals surface area contributed by atoms with Gasteiger partial charge in [0.2, 0.25) is 0 Å². The summed E-state index contributed by atoms with van der Waals surface area (Å²) in [4.78, 5) is 37.9. The Kier molecular flexibility index (Phi) is 3.91. The Hall–Kier alpha value is -5.30. The summed E-state index contributed by atoms with van der Waals surface area (Å²) >= 11 is 14.4. The number of nitrogens with zero attached hydrogens (tertiary/aromatic N) is 4. The average Bonchev–Trinajstić information content (AvgIpc) is 3.63. The summed E-state index contributed by atoms with van der Waals surface area (Å²) in [5.74, 6) is 0. The van der Waals surface area contributed by atoms with E-state index >= 15 is 0 Å². The summed E-state index contributed by atoms with van der Waals surface area (Å²) in [6.07, 6.45) is 0. The minimum Gasteiger partial charge on any atom is -0.268 e. The molecule has 0 amide bonds. The van der Waals surface area contributed by atoms with Crippen molar-refractivity contribution in [3.63, 3.8) is 0 Å². The van der Waals surface area contributed by atoms with Crippen molar-refractivity contribution in [3.8, 4) is 0 Å². The first kappa shape index (κ1) is 23.2. The normalized spacial score (nSPS) is 13.0. The minimum absolute atomic E-state index is 0.132. The quantitative estimate of drug-likeness (QED) is 0.128. The van der Waals surface area contributed by atoms with Crippen molar-refractivity contribution in [1.29, 1.82) is 0 Å². The molecular formula is C36H14Cl2N4O2. The van der Waals surface area contributed by atoms with Crippen molar-refractivity contribution in [3.05, 3.63) is 116 Å². The Morgan fingerprint density at radius 2 is 0.864 bits per heavy atom. The summed E-state index contributed by atoms with van der Waals surface area (Å²) in [6.45, 7) is 0. The van der Waals surface area contributed by atoms with Gasteiger partial charge in [-0.1, -0.05) is 59.6 Å². The first-order valence-electron chi connectivity index (χ1n) is 14.2. The van der Waals surface area contributed by atoms with Crippen molar-refractivity contribution in [2.45, 2.75) is 0 Å². The van der Waals surface area contributed by atoms with Gasteiger partial charge in [0.1, 0.15) is 11.3 Å². The number of imidazole rings is 2. The van der Waals surface area contributed by atoms with E-state index in [1.807, 2.05) is 84.9 Å². The Labute approximate surface area is 254 Å². The molecule has 0 spiro atoms. The molecule has 0 aliphatic heterocycles. The smallest absolute Gasteiger partial charge is 0.264 e. The van der Waals surface area contributed by atoms with Gasteiger partial charge in [0.25, 0.3) is 11.1 Å². The molecule has 8 heteroatoms. The van der Waals surface area contributed by atoms with E-state index in [0.29, 0.717) is 32.1 Å². The molecule has 4 heterocycles. The number of aromatic nitrogens is 4. The summed E-state index contributed by atoms with van der Waals surface area (Å²) < 4.78 is 3.36. The molecule has 0 unspecified atom stereocenters. The lowest BCUT2D eigenvalue weighted by Gasteiger charge is -2.20. The number of halogens is 2. The van der Waals surface area contributed by atoms with Crippen LogP contribution in [0.15, 0.2) is 94.5 Å². The van der Waals surface area contributed by atoms with E-state index in [-0.39, 0.29) is 11.1 Å². The van der Waals surface area contributed by atoms with Gasteiger partial charge in [-0.3, -0.25) is 18.4 Å². The highest BCUT2D eigenvalue weighted by Crippen LogP contribution is 2.50. The lowest BCUT2D eigenvalue weighted by atomic mass is 9.86. The number of hydrogen-bond donors (Lipinski definition) is 0. The molecule has 204 valence electrons. The molecule has 0 saturated carbocycles. The van der Waals surface area contributed by atoms with Crippen molar-refractivity contribution in [1.82, 2.24) is 18.8 Å². The van der Waals surface area contributed by atoms with Crippen LogP contribution in [0, 0.1) is 0 Å². The second-order valence-electron chi connectivity index (χ2n) is 11.5. The average molecular weight is 605 g/mol. The fourth-order valence-electron chi connectivity index (χ4n) is 7.78. The van der Waals surface area contributed by atoms with Crippen LogP contribution in [-0.2, 0) is 0 Å². The Morgan fingerprint density at radius 1 is 0.455 bits per heavy atom. The van der Waals surface area contributed by atoms with Gasteiger partial charge < -0.3 is 0 Å². The lowest BCUT2D eigenvalue weighted by molar-refractivity contribution is 1.19. The van der Waals surface area contributed by atoms with Crippen LogP contribution < -0.4 is 11.1 Å². The Bertz CT molecular complexity index is 3020. The number of hydrogen-bond acceptors (Lipinski definition) is 4. The predicted octanol–water partition coefficient (Wildman–Crippen LogP) is 8.55. The van der Waals surface area contributed by atoms with Gasteiger partial charge in [-0.05, 0) is 59.3 Å². The SMILES string of the molecule is O=c1c2ccc3c4ccc5c(=O)n6c7ccccc7nc6c6cc(Cl)c(c7c(Cl)cc(c2c37)c2nc3ccccc3n12)c4c56. The Balaban J connectivity index is 1.45. The van der Waals surface area contributed by atoms with Gasteiger partial charge in [-0.2, -0.15) is 0 Å². The third-order valence-electron chi connectivity index (χ3n) is 9.48. The molecule has 7 aromatic carbocycles. The highest BCUT2D eigenvalue weighted by atomic mass is 35.5. The van der Waals surface area contributed by atoms with Crippen molar-refractivity contribution in [2.24, 2.45) is 0 Å². The van der Waals surface area contributed by atoms with Gasteiger partial charge >= 0.3 is 0 Å². The molecule has 44 heavy (non-hydrogen) atoms. The van der Waals surface area contributed by atoms with Crippen LogP contribution in [-0.4, -0.2) is 18.8 Å². The molecular weight excluding hydrogens is 591 g/mol. The molecule has 0 atom stereocenters. The van der Waals surface area contributed by atoms with Crippen LogP contribution in [0.4, 0.5) is 0 Å². The number of fused-ring (bicyclic) bond motifs is 10. The van der Waals surface area contributed by atoms with Crippen LogP contribution in [0.3, 0.4) is 0 Å². The molecule has 11 rings (SSSR count). The van der Waals surface area contributed by atoms with E-state index in [0.717, 1.165) is 75.9 Å². The Morgan fingerprint density at radius 3 is 1.32 bits per heavy atom. The third kappa shape index (κ3) is 2.43. The molecule has 6 nitrogen and oxygen atoms in total. The fourth-order valence-corrected chi connectivity index (χ4v) is 8.37. The topological polar surface area (TPSA) is 68.7 Å². The van der Waals surface area contributed by atoms with Gasteiger partial charge in [0, 0.05) is 63.9 Å². The predicted molar refractivity (Wildman–Crippen MR) is 180 cm³/mol. The second-order valence-corrected chi connectivity index (χ2v) is 12.3. The summed E-state index contributed by atoms with van der Waals surface area (Å²) in [6, 6.07) is 26.8. The maximum absolute atomic E-state index is 14.1. The first-order chi connectivity index (χ1) is 21.5. The molecule has 0 aliphatic carbocycles. The zero-order valence-electron chi connectivity index (χ0n) is 22.4. The maximum atomic E-state index is 14.1. The van der Waals surface area contributed by atoms with Crippen molar-refractivity contribution < 1.29 is 0 Å². The highest BCUT2D eigenvalue weighted by Gasteiger charge is 2.26. The standard InChI is InChI=1S/C36H14Cl2N4O2/c37-21-13-19-27-17(35(43)41-25-7-3-1-5-23(25)39-33(19)41)11-9-15-16-10-12-18-28-20(14-22(38)32(30(16)28)31(21)29(15)27)34-40-24-6-2-4-8-26(24)42(34)36(18)44/h1-14H. The highest BCUT2D eigenvalue weighted by molar-refractivity contribution is 6.51. The van der Waals surface area contributed by atoms with E-state index in [1.165, 1.54) is 0 Å². The van der Waals surface area contributed by atoms with Crippen molar-refractivity contribution in [2.75, 3.05) is 0 Å². The molecule has 11 aromatic rings. The van der Waals surface area contributed by atoms with Gasteiger partial charge in [0.15, 0.2) is 0 Å². The second kappa shape index (κ2) is 7.42. The van der Waals surface area contributed by atoms with Crippen LogP contribution in [0.25, 0.3) is 98.0 Å². The molecule has 0 bridgehead atoms. The monoisotopic (exact) mass is 604 g/mol. The van der Waals surface area contributed by atoms with E-state index in [2.05, 4.69) is 0 Å². The van der Waals surface area contributed by atoms with E-state index in [9.17, 15) is 9.59 Å². The number of para-hydroxylation sites is 4. The van der Waals surface area contributed by atoms with E-state index in [4.69, 9.17) is 33.2 Å².